The van der Waals surface area contributed by atoms with Crippen molar-refractivity contribution in [1.82, 2.24) is 5.32 Å². The molecule has 0 aromatic heterocycles. The van der Waals surface area contributed by atoms with E-state index < -0.39 is 0 Å². The van der Waals surface area contributed by atoms with Crippen LogP contribution < -0.4 is 5.32 Å². The highest BCUT2D eigenvalue weighted by Gasteiger charge is 2.52. The summed E-state index contributed by atoms with van der Waals surface area (Å²) in [5.74, 6) is -0.154. The third kappa shape index (κ3) is 0.822. The lowest BCUT2D eigenvalue weighted by Crippen LogP contribution is -2.34. The Bertz CT molecular complexity index is 249. The molecule has 0 bridgehead atoms. The van der Waals surface area contributed by atoms with E-state index >= 15 is 0 Å². The predicted molar refractivity (Wildman–Crippen MR) is 43.2 cm³/mol. The van der Waals surface area contributed by atoms with Crippen molar-refractivity contribution in [3.63, 3.8) is 0 Å². The second kappa shape index (κ2) is 2.31. The number of hydrogen-bond donors (Lipinski definition) is 1. The fraction of sp³-hybridized carbons (Fsp3) is 0.778. The highest BCUT2D eigenvalue weighted by atomic mass is 16.2. The molecule has 66 valence electrons. The van der Waals surface area contributed by atoms with Crippen LogP contribution in [0, 0.1) is 11.3 Å². The second-order valence-electron chi connectivity index (χ2n) is 4.03. The van der Waals surface area contributed by atoms with Crippen molar-refractivity contribution in [3.05, 3.63) is 0 Å². The summed E-state index contributed by atoms with van der Waals surface area (Å²) in [7, 11) is 0. The van der Waals surface area contributed by atoms with Crippen LogP contribution in [0.15, 0.2) is 0 Å². The van der Waals surface area contributed by atoms with Crippen molar-refractivity contribution < 1.29 is 9.59 Å². The van der Waals surface area contributed by atoms with Crippen molar-refractivity contribution in [2.45, 2.75) is 32.6 Å². The molecule has 3 heteroatoms. The number of carbonyl (C=O) groups is 2. The molecule has 0 aromatic carbocycles. The highest BCUT2D eigenvalue weighted by Crippen LogP contribution is 2.44. The third-order valence-electron chi connectivity index (χ3n) is 3.28. The lowest BCUT2D eigenvalue weighted by molar-refractivity contribution is -0.129. The Balaban J connectivity index is 2.33. The van der Waals surface area contributed by atoms with Gasteiger partial charge < -0.3 is 0 Å². The van der Waals surface area contributed by atoms with Crippen molar-refractivity contribution in [2.24, 2.45) is 11.3 Å². The zero-order chi connectivity index (χ0) is 8.77. The number of imide groups is 1. The van der Waals surface area contributed by atoms with E-state index in [2.05, 4.69) is 5.32 Å². The SMILES string of the molecule is C[C@]12CCCC[C@H]1C(=O)NC2=O. The van der Waals surface area contributed by atoms with E-state index in [9.17, 15) is 9.59 Å². The summed E-state index contributed by atoms with van der Waals surface area (Å²) in [5.41, 5.74) is -0.380. The van der Waals surface area contributed by atoms with Crippen molar-refractivity contribution in [2.75, 3.05) is 0 Å². The number of nitrogens with one attached hydrogen (secondary N) is 1. The molecule has 0 spiro atoms. The number of rotatable bonds is 0. The van der Waals surface area contributed by atoms with Gasteiger partial charge in [-0.2, -0.15) is 0 Å². The van der Waals surface area contributed by atoms with Crippen LogP contribution in [0.3, 0.4) is 0 Å². The first-order valence-electron chi connectivity index (χ1n) is 4.50. The Morgan fingerprint density at radius 2 is 2.17 bits per heavy atom. The highest BCUT2D eigenvalue weighted by molar-refractivity contribution is 6.07. The van der Waals surface area contributed by atoms with Gasteiger partial charge >= 0.3 is 0 Å². The molecule has 0 unspecified atom stereocenters. The molecule has 2 fully saturated rings. The molecule has 1 saturated heterocycles. The number of fused-ring (bicyclic) bond motifs is 1. The van der Waals surface area contributed by atoms with E-state index in [4.69, 9.17) is 0 Å². The van der Waals surface area contributed by atoms with Gasteiger partial charge in [0, 0.05) is 0 Å². The zero-order valence-corrected chi connectivity index (χ0v) is 7.22. The van der Waals surface area contributed by atoms with Crippen LogP contribution in [0.1, 0.15) is 32.6 Å². The standard InChI is InChI=1S/C9H13NO2/c1-9-5-3-2-4-6(9)7(11)10-8(9)12/h6H,2-5H2,1H3,(H,10,11,12)/t6-,9-/m0/s1. The van der Waals surface area contributed by atoms with Crippen LogP contribution >= 0.6 is 0 Å². The van der Waals surface area contributed by atoms with Gasteiger partial charge in [0.05, 0.1) is 11.3 Å². The van der Waals surface area contributed by atoms with Gasteiger partial charge in [-0.05, 0) is 19.8 Å². The van der Waals surface area contributed by atoms with Gasteiger partial charge in [-0.1, -0.05) is 12.8 Å². The minimum absolute atomic E-state index is 0.0428. The number of carbonyl (C=O) groups excluding carboxylic acids is 2. The van der Waals surface area contributed by atoms with E-state index in [-0.39, 0.29) is 23.1 Å². The van der Waals surface area contributed by atoms with Crippen LogP contribution in [-0.4, -0.2) is 11.8 Å². The minimum Gasteiger partial charge on any atom is -0.296 e. The number of amides is 2. The fourth-order valence-corrected chi connectivity index (χ4v) is 2.37. The van der Waals surface area contributed by atoms with Crippen LogP contribution in [0.4, 0.5) is 0 Å². The summed E-state index contributed by atoms with van der Waals surface area (Å²) in [6.07, 6.45) is 3.91. The summed E-state index contributed by atoms with van der Waals surface area (Å²) in [4.78, 5) is 22.7. The maximum absolute atomic E-state index is 11.4. The van der Waals surface area contributed by atoms with Crippen molar-refractivity contribution in [1.29, 1.82) is 0 Å². The van der Waals surface area contributed by atoms with Crippen molar-refractivity contribution in [3.8, 4) is 0 Å². The van der Waals surface area contributed by atoms with E-state index in [1.807, 2.05) is 6.92 Å². The third-order valence-corrected chi connectivity index (χ3v) is 3.28. The summed E-state index contributed by atoms with van der Waals surface area (Å²) >= 11 is 0. The van der Waals surface area contributed by atoms with E-state index in [0.717, 1.165) is 25.7 Å². The molecular weight excluding hydrogens is 154 g/mol. The zero-order valence-electron chi connectivity index (χ0n) is 7.22. The summed E-state index contributed by atoms with van der Waals surface area (Å²) in [5, 5.41) is 2.42. The Morgan fingerprint density at radius 3 is 2.83 bits per heavy atom. The molecular formula is C9H13NO2. The quantitative estimate of drug-likeness (QED) is 0.543. The maximum Gasteiger partial charge on any atom is 0.233 e. The topological polar surface area (TPSA) is 46.2 Å². The molecule has 0 aromatic rings. The van der Waals surface area contributed by atoms with Gasteiger partial charge in [-0.25, -0.2) is 0 Å². The van der Waals surface area contributed by atoms with Gasteiger partial charge in [0.25, 0.3) is 0 Å². The molecule has 12 heavy (non-hydrogen) atoms. The van der Waals surface area contributed by atoms with E-state index in [1.54, 1.807) is 0 Å². The molecule has 0 radical (unpaired) electrons. The molecule has 2 amide bonds. The summed E-state index contributed by atoms with van der Waals surface area (Å²) in [6.45, 7) is 1.91. The summed E-state index contributed by atoms with van der Waals surface area (Å²) in [6, 6.07) is 0. The first-order valence-corrected chi connectivity index (χ1v) is 4.50. The van der Waals surface area contributed by atoms with Crippen molar-refractivity contribution >= 4 is 11.8 Å². The average Bonchev–Trinajstić information content (AvgIpc) is 2.25. The Kier molecular flexibility index (Phi) is 1.50. The molecule has 1 aliphatic heterocycles. The lowest BCUT2D eigenvalue weighted by Gasteiger charge is -2.31. The van der Waals surface area contributed by atoms with Crippen LogP contribution in [0.25, 0.3) is 0 Å². The van der Waals surface area contributed by atoms with Crippen LogP contribution in [-0.2, 0) is 9.59 Å². The van der Waals surface area contributed by atoms with Crippen LogP contribution in [0.5, 0.6) is 0 Å². The molecule has 3 nitrogen and oxygen atoms in total. The Morgan fingerprint density at radius 1 is 1.42 bits per heavy atom. The second-order valence-corrected chi connectivity index (χ2v) is 4.03. The first-order chi connectivity index (χ1) is 5.64. The lowest BCUT2D eigenvalue weighted by atomic mass is 9.69. The van der Waals surface area contributed by atoms with Crippen LogP contribution in [0.2, 0.25) is 0 Å². The molecule has 1 heterocycles. The smallest absolute Gasteiger partial charge is 0.233 e. The Labute approximate surface area is 71.5 Å². The molecule has 2 rings (SSSR count). The largest absolute Gasteiger partial charge is 0.296 e. The van der Waals surface area contributed by atoms with Gasteiger partial charge in [0.2, 0.25) is 11.8 Å². The average molecular weight is 167 g/mol. The molecule has 1 aliphatic carbocycles. The van der Waals surface area contributed by atoms with Gasteiger partial charge in [-0.15, -0.1) is 0 Å². The monoisotopic (exact) mass is 167 g/mol. The molecule has 2 atom stereocenters. The van der Waals surface area contributed by atoms with Gasteiger partial charge in [0.1, 0.15) is 0 Å². The van der Waals surface area contributed by atoms with Gasteiger partial charge in [0.15, 0.2) is 0 Å². The molecule has 1 N–H and O–H groups in total. The van der Waals surface area contributed by atoms with E-state index in [1.165, 1.54) is 0 Å². The Hall–Kier alpha value is -0.860. The molecule has 2 aliphatic rings. The number of hydrogen-bond acceptors (Lipinski definition) is 2. The normalized spacial score (nSPS) is 40.9. The molecule has 1 saturated carbocycles. The van der Waals surface area contributed by atoms with Gasteiger partial charge in [-0.3, -0.25) is 14.9 Å². The fourth-order valence-electron chi connectivity index (χ4n) is 2.37. The first kappa shape index (κ1) is 7.77. The summed E-state index contributed by atoms with van der Waals surface area (Å²) < 4.78 is 0. The predicted octanol–water partition coefficient (Wildman–Crippen LogP) is 0.839. The minimum atomic E-state index is -0.380. The van der Waals surface area contributed by atoms with E-state index in [0.29, 0.717) is 0 Å². The maximum atomic E-state index is 11.4.